The van der Waals surface area contributed by atoms with Crippen LogP contribution >= 0.6 is 0 Å². The summed E-state index contributed by atoms with van der Waals surface area (Å²) in [6.45, 7) is 9.15. The first kappa shape index (κ1) is 18.8. The van der Waals surface area contributed by atoms with E-state index in [0.717, 1.165) is 51.4 Å². The lowest BCUT2D eigenvalue weighted by atomic mass is 10.1. The molecule has 1 aliphatic rings. The minimum absolute atomic E-state index is 0.576. The molecule has 6 heteroatoms. The third kappa shape index (κ3) is 5.24. The minimum Gasteiger partial charge on any atom is -0.383 e. The Morgan fingerprint density at radius 1 is 1.04 bits per heavy atom. The van der Waals surface area contributed by atoms with Gasteiger partial charge in [-0.15, -0.1) is 0 Å². The smallest absolute Gasteiger partial charge is 0.131 e. The predicted molar refractivity (Wildman–Crippen MR) is 106 cm³/mol. The van der Waals surface area contributed by atoms with Gasteiger partial charge in [-0.1, -0.05) is 24.3 Å². The van der Waals surface area contributed by atoms with Crippen LogP contribution in [0.5, 0.6) is 0 Å². The highest BCUT2D eigenvalue weighted by molar-refractivity contribution is 5.37. The lowest BCUT2D eigenvalue weighted by molar-refractivity contribution is 0.148. The van der Waals surface area contributed by atoms with Crippen LogP contribution in [0.25, 0.3) is 0 Å². The van der Waals surface area contributed by atoms with Gasteiger partial charge in [-0.2, -0.15) is 0 Å². The normalized spacial score (nSPS) is 16.3. The van der Waals surface area contributed by atoms with Crippen LogP contribution in [0.1, 0.15) is 22.5 Å². The van der Waals surface area contributed by atoms with E-state index in [2.05, 4.69) is 63.0 Å². The van der Waals surface area contributed by atoms with Gasteiger partial charge >= 0.3 is 0 Å². The van der Waals surface area contributed by atoms with Gasteiger partial charge in [-0.05, 0) is 32.1 Å². The van der Waals surface area contributed by atoms with Gasteiger partial charge in [0.05, 0.1) is 0 Å². The van der Waals surface area contributed by atoms with Gasteiger partial charge in [0.15, 0.2) is 0 Å². The molecule has 0 saturated carbocycles. The van der Waals surface area contributed by atoms with Gasteiger partial charge in [-0.25, -0.2) is 9.97 Å². The van der Waals surface area contributed by atoms with Crippen LogP contribution in [-0.2, 0) is 19.6 Å². The van der Waals surface area contributed by atoms with Gasteiger partial charge in [0.25, 0.3) is 0 Å². The molecule has 2 aromatic rings. The summed E-state index contributed by atoms with van der Waals surface area (Å²) in [5.74, 6) is 1.29. The quantitative estimate of drug-likeness (QED) is 0.853. The third-order valence-corrected chi connectivity index (χ3v) is 4.94. The molecule has 1 aromatic heterocycles. The molecular weight excluding hydrogens is 324 g/mol. The number of nitrogens with two attached hydrogens (primary N) is 1. The molecule has 3 rings (SSSR count). The zero-order chi connectivity index (χ0) is 18.5. The molecule has 0 unspecified atom stereocenters. The fourth-order valence-corrected chi connectivity index (χ4v) is 3.31. The molecule has 2 heterocycles. The van der Waals surface area contributed by atoms with E-state index >= 15 is 0 Å². The molecule has 0 amide bonds. The summed E-state index contributed by atoms with van der Waals surface area (Å²) in [6, 6.07) is 8.98. The van der Waals surface area contributed by atoms with E-state index in [9.17, 15) is 0 Å². The van der Waals surface area contributed by atoms with Crippen LogP contribution in [0, 0.1) is 6.92 Å². The molecule has 1 saturated heterocycles. The van der Waals surface area contributed by atoms with Crippen LogP contribution in [0.4, 0.5) is 5.82 Å². The molecule has 26 heavy (non-hydrogen) atoms. The maximum atomic E-state index is 5.99. The number of nitrogens with zero attached hydrogens (tertiary/aromatic N) is 5. The van der Waals surface area contributed by atoms with E-state index in [1.807, 2.05) is 13.1 Å². The van der Waals surface area contributed by atoms with E-state index in [-0.39, 0.29) is 0 Å². The number of nitrogen functional groups attached to an aromatic ring is 1. The van der Waals surface area contributed by atoms with Gasteiger partial charge in [0.2, 0.25) is 0 Å². The van der Waals surface area contributed by atoms with Crippen molar-refractivity contribution in [2.24, 2.45) is 0 Å². The molecule has 6 nitrogen and oxygen atoms in total. The topological polar surface area (TPSA) is 61.5 Å². The van der Waals surface area contributed by atoms with E-state index in [0.29, 0.717) is 11.6 Å². The van der Waals surface area contributed by atoms with Gasteiger partial charge < -0.3 is 10.6 Å². The first-order valence-electron chi connectivity index (χ1n) is 9.25. The van der Waals surface area contributed by atoms with E-state index in [1.165, 1.54) is 11.1 Å². The van der Waals surface area contributed by atoms with E-state index < -0.39 is 0 Å². The number of likely N-dealkylation sites (N-methyl/N-ethyl adjacent to an activating group) is 1. The second-order valence-corrected chi connectivity index (χ2v) is 7.40. The van der Waals surface area contributed by atoms with Crippen molar-refractivity contribution in [1.29, 1.82) is 0 Å². The fourth-order valence-electron chi connectivity index (χ4n) is 3.31. The summed E-state index contributed by atoms with van der Waals surface area (Å²) >= 11 is 0. The van der Waals surface area contributed by atoms with Crippen molar-refractivity contribution >= 4 is 5.82 Å². The number of piperazine rings is 1. The van der Waals surface area contributed by atoms with Crippen LogP contribution in [-0.4, -0.2) is 64.9 Å². The van der Waals surface area contributed by atoms with Crippen molar-refractivity contribution in [1.82, 2.24) is 24.7 Å². The molecule has 2 N–H and O–H groups in total. The fraction of sp³-hybridized carbons (Fsp3) is 0.500. The number of benzene rings is 1. The molecule has 1 aliphatic heterocycles. The second-order valence-electron chi connectivity index (χ2n) is 7.40. The first-order valence-corrected chi connectivity index (χ1v) is 9.25. The van der Waals surface area contributed by atoms with Crippen molar-refractivity contribution in [3.8, 4) is 0 Å². The Hall–Kier alpha value is -2.02. The average Bonchev–Trinajstić information content (AvgIpc) is 2.61. The summed E-state index contributed by atoms with van der Waals surface area (Å²) in [5.41, 5.74) is 9.66. The Morgan fingerprint density at radius 2 is 1.69 bits per heavy atom. The number of hydrogen-bond donors (Lipinski definition) is 1. The highest BCUT2D eigenvalue weighted by Crippen LogP contribution is 2.14. The molecule has 0 aliphatic carbocycles. The lowest BCUT2D eigenvalue weighted by Gasteiger charge is -2.32. The first-order chi connectivity index (χ1) is 12.5. The number of hydrogen-bond acceptors (Lipinski definition) is 6. The Kier molecular flexibility index (Phi) is 6.19. The zero-order valence-electron chi connectivity index (χ0n) is 16.1. The molecule has 0 spiro atoms. The molecule has 140 valence electrons. The number of aryl methyl sites for hydroxylation is 1. The third-order valence-electron chi connectivity index (χ3n) is 4.94. The Bertz CT molecular complexity index is 707. The Morgan fingerprint density at radius 3 is 2.35 bits per heavy atom. The van der Waals surface area contributed by atoms with Crippen molar-refractivity contribution in [2.75, 3.05) is 46.0 Å². The van der Waals surface area contributed by atoms with Crippen LogP contribution in [0.15, 0.2) is 30.5 Å². The molecule has 1 fully saturated rings. The van der Waals surface area contributed by atoms with E-state index in [4.69, 9.17) is 5.73 Å². The maximum absolute atomic E-state index is 5.99. The van der Waals surface area contributed by atoms with Crippen molar-refractivity contribution in [3.05, 3.63) is 53.0 Å². The number of aromatic nitrogens is 2. The second kappa shape index (κ2) is 8.58. The highest BCUT2D eigenvalue weighted by Gasteiger charge is 2.13. The van der Waals surface area contributed by atoms with Crippen molar-refractivity contribution < 1.29 is 0 Å². The maximum Gasteiger partial charge on any atom is 0.131 e. The van der Waals surface area contributed by atoms with Gasteiger partial charge in [-0.3, -0.25) is 9.80 Å². The molecule has 0 radical (unpaired) electrons. The van der Waals surface area contributed by atoms with Crippen molar-refractivity contribution in [3.63, 3.8) is 0 Å². The summed E-state index contributed by atoms with van der Waals surface area (Å²) in [6.07, 6.45) is 1.83. The number of anilines is 1. The zero-order valence-corrected chi connectivity index (χ0v) is 16.1. The molecular formula is C20H30N6. The Balaban J connectivity index is 1.51. The molecule has 0 atom stereocenters. The average molecular weight is 355 g/mol. The Labute approximate surface area is 156 Å². The van der Waals surface area contributed by atoms with Crippen molar-refractivity contribution in [2.45, 2.75) is 26.6 Å². The number of rotatable bonds is 6. The van der Waals surface area contributed by atoms with Crippen LogP contribution in [0.2, 0.25) is 0 Å². The largest absolute Gasteiger partial charge is 0.383 e. The SMILES string of the molecule is Cc1ncc(CN(C)Cc2ccc(CN3CCN(C)CC3)cc2)c(N)n1. The summed E-state index contributed by atoms with van der Waals surface area (Å²) in [5, 5.41) is 0. The van der Waals surface area contributed by atoms with Gasteiger partial charge in [0.1, 0.15) is 11.6 Å². The summed E-state index contributed by atoms with van der Waals surface area (Å²) in [7, 11) is 4.29. The summed E-state index contributed by atoms with van der Waals surface area (Å²) in [4.78, 5) is 15.6. The minimum atomic E-state index is 0.576. The van der Waals surface area contributed by atoms with E-state index in [1.54, 1.807) is 0 Å². The molecule has 0 bridgehead atoms. The monoisotopic (exact) mass is 354 g/mol. The van der Waals surface area contributed by atoms with Crippen LogP contribution in [0.3, 0.4) is 0 Å². The van der Waals surface area contributed by atoms with Crippen LogP contribution < -0.4 is 5.73 Å². The summed E-state index contributed by atoms with van der Waals surface area (Å²) < 4.78 is 0. The highest BCUT2D eigenvalue weighted by atomic mass is 15.2. The predicted octanol–water partition coefficient (Wildman–Crippen LogP) is 1.75. The van der Waals surface area contributed by atoms with Gasteiger partial charge in [0, 0.05) is 57.6 Å². The lowest BCUT2D eigenvalue weighted by Crippen LogP contribution is -2.43. The standard InChI is InChI=1S/C20H30N6/c1-16-22-12-19(20(21)23-16)15-25(3)13-17-4-6-18(7-5-17)14-26-10-8-24(2)9-11-26/h4-7,12H,8-11,13-15H2,1-3H3,(H2,21,22,23). The molecule has 1 aromatic carbocycles.